The highest BCUT2D eigenvalue weighted by Crippen LogP contribution is 2.55. The standard InChI is InChI=1S/C64H106FNP2Si3/c1-11-21-44-66(68(64-43-32-31-42-63(64)65)59-38-35-41-62(56-59)71(51-28-18-8,52-29-19-9)53-30-20-10)67(57-36-33-39-60(54-57)69(45-22-12-2,46-23-13-3)47-24-14-4)58-37-34-40-61(55-58)70(48-25-15-5,49-26-16-6)50-27-17-7/h31-43,54-56H,11-30,44-53H2,1-10H3. The summed E-state index contributed by atoms with van der Waals surface area (Å²) >= 11 is 0. The van der Waals surface area contributed by atoms with Crippen molar-refractivity contribution in [2.75, 3.05) is 6.54 Å². The summed E-state index contributed by atoms with van der Waals surface area (Å²) in [6.45, 7) is 24.9. The van der Waals surface area contributed by atoms with Gasteiger partial charge >= 0.3 is 0 Å². The average molecular weight is 1050 g/mol. The fraction of sp³-hybridized carbons (Fsp3) is 0.625. The molecule has 0 bridgehead atoms. The van der Waals surface area contributed by atoms with Crippen molar-refractivity contribution >= 4 is 77.1 Å². The quantitative estimate of drug-likeness (QED) is 0.0318. The molecule has 0 aliphatic rings. The van der Waals surface area contributed by atoms with Gasteiger partial charge in [-0.2, -0.15) is 0 Å². The van der Waals surface area contributed by atoms with Crippen LogP contribution in [0.1, 0.15) is 198 Å². The van der Waals surface area contributed by atoms with Gasteiger partial charge in [0.1, 0.15) is 5.82 Å². The minimum absolute atomic E-state index is 0.0373. The number of hydrogen-bond donors (Lipinski definition) is 0. The van der Waals surface area contributed by atoms with E-state index in [-0.39, 0.29) is 5.82 Å². The van der Waals surface area contributed by atoms with E-state index in [0.29, 0.717) is 0 Å². The van der Waals surface area contributed by atoms with Crippen LogP contribution in [-0.2, 0) is 0 Å². The molecule has 0 saturated heterocycles. The molecule has 4 aromatic rings. The molecule has 0 spiro atoms. The number of unbranched alkanes of at least 4 members (excludes halogenated alkanes) is 10. The first-order valence-electron chi connectivity index (χ1n) is 30.1. The van der Waals surface area contributed by atoms with Crippen LogP contribution in [0.2, 0.25) is 54.4 Å². The maximum Gasteiger partial charge on any atom is 0.132 e. The van der Waals surface area contributed by atoms with Gasteiger partial charge in [-0.3, -0.25) is 0 Å². The summed E-state index contributed by atoms with van der Waals surface area (Å²) in [6, 6.07) is 51.4. The second-order valence-electron chi connectivity index (χ2n) is 21.9. The first-order chi connectivity index (χ1) is 34.7. The maximum absolute atomic E-state index is 17.3. The van der Waals surface area contributed by atoms with Crippen LogP contribution in [0.5, 0.6) is 0 Å². The Morgan fingerprint density at radius 2 is 0.620 bits per heavy atom. The minimum Gasteiger partial charge on any atom is -0.245 e. The Kier molecular flexibility index (Phi) is 29.6. The summed E-state index contributed by atoms with van der Waals surface area (Å²) in [5, 5.41) is 10.4. The average Bonchev–Trinajstić information content (AvgIpc) is 3.40. The van der Waals surface area contributed by atoms with Crippen LogP contribution in [0.3, 0.4) is 0 Å². The third-order valence-corrected chi connectivity index (χ3v) is 38.4. The summed E-state index contributed by atoms with van der Waals surface area (Å²) in [5.74, 6) is -0.0373. The highest BCUT2D eigenvalue weighted by Gasteiger charge is 2.40. The molecule has 1 unspecified atom stereocenters. The van der Waals surface area contributed by atoms with Gasteiger partial charge in [0.05, 0.1) is 24.2 Å². The SMILES string of the molecule is CCCCN(P(c1cccc([Si](CCCC)(CCCC)CCCC)c1)c1cccc([Si](CCCC)(CCCC)CCCC)c1)P(c1cccc([Si](CCCC)(CCCC)CCCC)c1)c1ccccc1F. The van der Waals surface area contributed by atoms with Gasteiger partial charge in [-0.15, -0.1) is 0 Å². The molecule has 0 amide bonds. The van der Waals surface area contributed by atoms with Crippen LogP contribution in [0.25, 0.3) is 0 Å². The molecular formula is C64H106FNP2Si3. The largest absolute Gasteiger partial charge is 0.245 e. The predicted octanol–water partition coefficient (Wildman–Crippen LogP) is 18.5. The van der Waals surface area contributed by atoms with Crippen molar-refractivity contribution in [3.05, 3.63) is 103 Å². The number of rotatable bonds is 39. The second kappa shape index (κ2) is 34.0. The van der Waals surface area contributed by atoms with E-state index in [0.717, 1.165) is 24.7 Å². The molecule has 71 heavy (non-hydrogen) atoms. The maximum atomic E-state index is 17.3. The van der Waals surface area contributed by atoms with Gasteiger partial charge in [0.15, 0.2) is 0 Å². The van der Waals surface area contributed by atoms with Crippen molar-refractivity contribution in [2.24, 2.45) is 0 Å². The van der Waals surface area contributed by atoms with Crippen molar-refractivity contribution in [3.63, 3.8) is 0 Å². The summed E-state index contributed by atoms with van der Waals surface area (Å²) in [5.41, 5.74) is 0. The van der Waals surface area contributed by atoms with Gasteiger partial charge < -0.3 is 0 Å². The van der Waals surface area contributed by atoms with Crippen LogP contribution in [0, 0.1) is 5.82 Å². The molecule has 0 N–H and O–H groups in total. The Hall–Kier alpha value is -1.72. The van der Waals surface area contributed by atoms with Gasteiger partial charge in [-0.25, -0.2) is 8.83 Å². The van der Waals surface area contributed by atoms with Crippen molar-refractivity contribution in [3.8, 4) is 0 Å². The predicted molar refractivity (Wildman–Crippen MR) is 333 cm³/mol. The fourth-order valence-electron chi connectivity index (χ4n) is 12.0. The lowest BCUT2D eigenvalue weighted by Crippen LogP contribution is -2.49. The lowest BCUT2D eigenvalue weighted by Gasteiger charge is -2.41. The fourth-order valence-corrected chi connectivity index (χ4v) is 35.4. The zero-order chi connectivity index (χ0) is 51.4. The van der Waals surface area contributed by atoms with Crippen molar-refractivity contribution in [1.29, 1.82) is 0 Å². The molecule has 0 aromatic heterocycles. The van der Waals surface area contributed by atoms with Gasteiger partial charge in [-0.1, -0.05) is 346 Å². The summed E-state index contributed by atoms with van der Waals surface area (Å²) in [6.07, 6.45) is 25.5. The zero-order valence-electron chi connectivity index (χ0n) is 47.7. The molecule has 396 valence electrons. The van der Waals surface area contributed by atoms with Gasteiger partial charge in [0.2, 0.25) is 0 Å². The van der Waals surface area contributed by atoms with Gasteiger partial charge in [-0.05, 0) is 34.5 Å². The highest BCUT2D eigenvalue weighted by molar-refractivity contribution is 7.84. The molecule has 0 aliphatic carbocycles. The van der Waals surface area contributed by atoms with E-state index in [9.17, 15) is 0 Å². The van der Waals surface area contributed by atoms with Gasteiger partial charge in [0.25, 0.3) is 0 Å². The number of hydrogen-bond acceptors (Lipinski definition) is 1. The van der Waals surface area contributed by atoms with E-state index in [1.807, 2.05) is 6.07 Å². The van der Waals surface area contributed by atoms with E-state index < -0.39 is 40.4 Å². The Morgan fingerprint density at radius 1 is 0.338 bits per heavy atom. The highest BCUT2D eigenvalue weighted by atomic mass is 31.2. The summed E-state index contributed by atoms with van der Waals surface area (Å²) < 4.78 is 20.2. The van der Waals surface area contributed by atoms with E-state index >= 15 is 4.39 Å². The van der Waals surface area contributed by atoms with Crippen molar-refractivity contribution in [1.82, 2.24) is 4.44 Å². The summed E-state index contributed by atoms with van der Waals surface area (Å²) in [7, 11) is -7.80. The Labute approximate surface area is 444 Å². The lowest BCUT2D eigenvalue weighted by atomic mass is 10.3. The Bertz CT molecular complexity index is 1900. The van der Waals surface area contributed by atoms with Crippen LogP contribution in [-0.4, -0.2) is 35.2 Å². The minimum atomic E-state index is -1.85. The topological polar surface area (TPSA) is 3.24 Å². The first kappa shape index (κ1) is 61.8. The molecule has 7 heteroatoms. The molecule has 0 saturated carbocycles. The Morgan fingerprint density at radius 3 is 0.901 bits per heavy atom. The molecule has 1 nitrogen and oxygen atoms in total. The summed E-state index contributed by atoms with van der Waals surface area (Å²) in [4.78, 5) is 0. The lowest BCUT2D eigenvalue weighted by molar-refractivity contribution is 0.629. The third kappa shape index (κ3) is 17.7. The number of nitrogens with zero attached hydrogens (tertiary/aromatic N) is 1. The third-order valence-electron chi connectivity index (χ3n) is 16.4. The van der Waals surface area contributed by atoms with Gasteiger partial charge in [0, 0.05) is 28.0 Å². The zero-order valence-corrected chi connectivity index (χ0v) is 52.5. The molecule has 0 heterocycles. The van der Waals surface area contributed by atoms with E-state index in [4.69, 9.17) is 0 Å². The monoisotopic (exact) mass is 1050 g/mol. The van der Waals surface area contributed by atoms with Crippen LogP contribution in [0.15, 0.2) is 97.1 Å². The number of benzene rings is 4. The van der Waals surface area contributed by atoms with E-state index in [2.05, 4.69) is 159 Å². The van der Waals surface area contributed by atoms with E-state index in [1.165, 1.54) is 186 Å². The molecule has 4 aromatic carbocycles. The first-order valence-corrected chi connectivity index (χ1v) is 40.5. The van der Waals surface area contributed by atoms with Crippen LogP contribution in [0.4, 0.5) is 4.39 Å². The normalized spacial score (nSPS) is 12.9. The molecule has 0 aliphatic heterocycles. The van der Waals surface area contributed by atoms with E-state index in [1.54, 1.807) is 21.6 Å². The van der Waals surface area contributed by atoms with Crippen molar-refractivity contribution < 1.29 is 4.39 Å². The molecule has 0 fully saturated rings. The molecule has 0 radical (unpaired) electrons. The van der Waals surface area contributed by atoms with Crippen LogP contribution < -0.4 is 36.8 Å². The molecular weight excluding hydrogens is 948 g/mol. The molecule has 4 rings (SSSR count). The smallest absolute Gasteiger partial charge is 0.132 e. The van der Waals surface area contributed by atoms with Crippen molar-refractivity contribution in [2.45, 2.75) is 252 Å². The van der Waals surface area contributed by atoms with Crippen LogP contribution >= 0.6 is 16.1 Å². The second-order valence-corrected chi connectivity index (χ2v) is 40.4. The number of halogens is 1. The Balaban J connectivity index is 2.20. The molecule has 1 atom stereocenters.